The summed E-state index contributed by atoms with van der Waals surface area (Å²) in [6, 6.07) is 13.8. The number of hydrogen-bond acceptors (Lipinski definition) is 3. The lowest BCUT2D eigenvalue weighted by molar-refractivity contribution is -0.121. The van der Waals surface area contributed by atoms with E-state index in [-0.39, 0.29) is 37.8 Å². The maximum Gasteiger partial charge on any atom is 0.221 e. The summed E-state index contributed by atoms with van der Waals surface area (Å²) >= 11 is 0. The fourth-order valence-electron chi connectivity index (χ4n) is 2.41. The zero-order chi connectivity index (χ0) is 19.2. The molecule has 0 aliphatic carbocycles. The monoisotopic (exact) mass is 378 g/mol. The first kappa shape index (κ1) is 20.1. The lowest BCUT2D eigenvalue weighted by Gasteiger charge is -2.20. The average molecular weight is 378 g/mol. The number of carbonyl (C=O) groups excluding carboxylic acids is 1. The molecule has 2 aromatic carbocycles. The Morgan fingerprint density at radius 3 is 2.38 bits per heavy atom. The molecule has 0 atom stereocenters. The van der Waals surface area contributed by atoms with Gasteiger partial charge in [0.25, 0.3) is 0 Å². The normalized spacial score (nSPS) is 11.5. The van der Waals surface area contributed by atoms with E-state index in [1.54, 1.807) is 18.2 Å². The van der Waals surface area contributed by atoms with E-state index in [0.29, 0.717) is 5.56 Å². The van der Waals surface area contributed by atoms with Gasteiger partial charge < -0.3 is 5.32 Å². The lowest BCUT2D eigenvalue weighted by atomic mass is 10.1. The van der Waals surface area contributed by atoms with Gasteiger partial charge in [-0.3, -0.25) is 4.79 Å². The highest BCUT2D eigenvalue weighted by Gasteiger charge is 2.18. The van der Waals surface area contributed by atoms with Crippen molar-refractivity contribution in [2.24, 2.45) is 0 Å². The first-order chi connectivity index (χ1) is 12.3. The van der Waals surface area contributed by atoms with Crippen molar-refractivity contribution in [2.45, 2.75) is 26.4 Å². The maximum atomic E-state index is 13.5. The van der Waals surface area contributed by atoms with E-state index < -0.39 is 10.0 Å². The predicted molar refractivity (Wildman–Crippen MR) is 99.3 cm³/mol. The Labute approximate surface area is 153 Å². The van der Waals surface area contributed by atoms with Crippen LogP contribution >= 0.6 is 0 Å². The second-order valence-corrected chi connectivity index (χ2v) is 8.18. The van der Waals surface area contributed by atoms with Gasteiger partial charge in [-0.25, -0.2) is 12.8 Å². The van der Waals surface area contributed by atoms with Gasteiger partial charge in [-0.05, 0) is 18.6 Å². The molecule has 0 bridgehead atoms. The number of hydrogen-bond donors (Lipinski definition) is 1. The molecule has 0 fully saturated rings. The van der Waals surface area contributed by atoms with Gasteiger partial charge in [0.1, 0.15) is 5.82 Å². The summed E-state index contributed by atoms with van der Waals surface area (Å²) in [7, 11) is -3.45. The van der Waals surface area contributed by atoms with Crippen molar-refractivity contribution in [1.29, 1.82) is 0 Å². The van der Waals surface area contributed by atoms with E-state index in [1.165, 1.54) is 10.4 Å². The SMILES string of the molecule is Cc1ccc(CN(CCC(=O)NCc2ccccc2F)S(C)(=O)=O)cc1. The Balaban J connectivity index is 1.91. The van der Waals surface area contributed by atoms with Crippen LogP contribution in [-0.2, 0) is 27.9 Å². The minimum absolute atomic E-state index is 0.00733. The van der Waals surface area contributed by atoms with Crippen molar-refractivity contribution in [2.75, 3.05) is 12.8 Å². The number of benzene rings is 2. The van der Waals surface area contributed by atoms with Crippen molar-refractivity contribution in [3.63, 3.8) is 0 Å². The van der Waals surface area contributed by atoms with Gasteiger partial charge in [-0.15, -0.1) is 0 Å². The molecule has 26 heavy (non-hydrogen) atoms. The second-order valence-electron chi connectivity index (χ2n) is 6.20. The van der Waals surface area contributed by atoms with Gasteiger partial charge in [-0.1, -0.05) is 48.0 Å². The third-order valence-corrected chi connectivity index (χ3v) is 5.22. The van der Waals surface area contributed by atoms with Crippen molar-refractivity contribution < 1.29 is 17.6 Å². The number of sulfonamides is 1. The molecule has 0 unspecified atom stereocenters. The first-order valence-electron chi connectivity index (χ1n) is 8.26. The van der Waals surface area contributed by atoms with Crippen molar-refractivity contribution in [3.8, 4) is 0 Å². The van der Waals surface area contributed by atoms with E-state index in [0.717, 1.165) is 17.4 Å². The highest BCUT2D eigenvalue weighted by molar-refractivity contribution is 7.88. The molecule has 0 heterocycles. The van der Waals surface area contributed by atoms with Crippen molar-refractivity contribution in [3.05, 3.63) is 71.0 Å². The van der Waals surface area contributed by atoms with Crippen LogP contribution < -0.4 is 5.32 Å². The minimum Gasteiger partial charge on any atom is -0.352 e. The van der Waals surface area contributed by atoms with Crippen molar-refractivity contribution >= 4 is 15.9 Å². The Kier molecular flexibility index (Phi) is 6.88. The largest absolute Gasteiger partial charge is 0.352 e. The van der Waals surface area contributed by atoms with Crippen LogP contribution in [-0.4, -0.2) is 31.4 Å². The van der Waals surface area contributed by atoms with Crippen LogP contribution in [0.1, 0.15) is 23.1 Å². The van der Waals surface area contributed by atoms with Crippen LogP contribution in [0.2, 0.25) is 0 Å². The number of nitrogens with zero attached hydrogens (tertiary/aromatic N) is 1. The molecule has 1 N–H and O–H groups in total. The van der Waals surface area contributed by atoms with Gasteiger partial charge in [0.2, 0.25) is 15.9 Å². The lowest BCUT2D eigenvalue weighted by Crippen LogP contribution is -2.34. The van der Waals surface area contributed by atoms with Gasteiger partial charge in [0, 0.05) is 31.6 Å². The number of carbonyl (C=O) groups is 1. The van der Waals surface area contributed by atoms with Crippen LogP contribution in [0.4, 0.5) is 4.39 Å². The molecule has 0 saturated heterocycles. The fourth-order valence-corrected chi connectivity index (χ4v) is 3.22. The van der Waals surface area contributed by atoms with Crippen molar-refractivity contribution in [1.82, 2.24) is 9.62 Å². The molecule has 0 aliphatic rings. The Morgan fingerprint density at radius 1 is 1.12 bits per heavy atom. The average Bonchev–Trinajstić information content (AvgIpc) is 2.58. The molecule has 2 aromatic rings. The standard InChI is InChI=1S/C19H23FN2O3S/c1-15-7-9-16(10-8-15)14-22(26(2,24)25)12-11-19(23)21-13-17-5-3-4-6-18(17)20/h3-10H,11-14H2,1-2H3,(H,21,23). The summed E-state index contributed by atoms with van der Waals surface area (Å²) in [6.07, 6.45) is 1.13. The van der Waals surface area contributed by atoms with Crippen LogP contribution in [0.5, 0.6) is 0 Å². The number of amides is 1. The molecule has 5 nitrogen and oxygen atoms in total. The first-order valence-corrected chi connectivity index (χ1v) is 10.1. The third kappa shape index (κ3) is 6.24. The summed E-state index contributed by atoms with van der Waals surface area (Å²) in [6.45, 7) is 2.30. The predicted octanol–water partition coefficient (Wildman–Crippen LogP) is 2.60. The molecule has 0 saturated carbocycles. The van der Waals surface area contributed by atoms with Gasteiger partial charge in [0.15, 0.2) is 0 Å². The number of aryl methyl sites for hydroxylation is 1. The Bertz CT molecular complexity index is 851. The molecule has 7 heteroatoms. The number of rotatable bonds is 8. The summed E-state index contributed by atoms with van der Waals surface area (Å²) in [5.41, 5.74) is 2.33. The topological polar surface area (TPSA) is 66.5 Å². The summed E-state index contributed by atoms with van der Waals surface area (Å²) in [5.74, 6) is -0.712. The summed E-state index contributed by atoms with van der Waals surface area (Å²) < 4.78 is 38.8. The molecule has 0 spiro atoms. The molecule has 1 amide bonds. The van der Waals surface area contributed by atoms with Gasteiger partial charge in [0.05, 0.1) is 6.26 Å². The molecular weight excluding hydrogens is 355 g/mol. The molecular formula is C19H23FN2O3S. The Morgan fingerprint density at radius 2 is 1.77 bits per heavy atom. The van der Waals surface area contributed by atoms with E-state index >= 15 is 0 Å². The quantitative estimate of drug-likeness (QED) is 0.768. The van der Waals surface area contributed by atoms with Crippen LogP contribution in [0, 0.1) is 12.7 Å². The smallest absolute Gasteiger partial charge is 0.221 e. The van der Waals surface area contributed by atoms with Crippen LogP contribution in [0.3, 0.4) is 0 Å². The highest BCUT2D eigenvalue weighted by Crippen LogP contribution is 2.11. The Hall–Kier alpha value is -2.25. The second kappa shape index (κ2) is 8.91. The zero-order valence-corrected chi connectivity index (χ0v) is 15.7. The molecule has 0 aromatic heterocycles. The van der Waals surface area contributed by atoms with E-state index in [1.807, 2.05) is 31.2 Å². The zero-order valence-electron chi connectivity index (χ0n) is 14.9. The van der Waals surface area contributed by atoms with Crippen LogP contribution in [0.15, 0.2) is 48.5 Å². The summed E-state index contributed by atoms with van der Waals surface area (Å²) in [4.78, 5) is 12.0. The van der Waals surface area contributed by atoms with Gasteiger partial charge >= 0.3 is 0 Å². The molecule has 0 radical (unpaired) electrons. The van der Waals surface area contributed by atoms with E-state index in [2.05, 4.69) is 5.32 Å². The van der Waals surface area contributed by atoms with E-state index in [9.17, 15) is 17.6 Å². The fraction of sp³-hybridized carbons (Fsp3) is 0.316. The third-order valence-electron chi connectivity index (χ3n) is 3.97. The molecule has 0 aliphatic heterocycles. The van der Waals surface area contributed by atoms with Crippen LogP contribution in [0.25, 0.3) is 0 Å². The summed E-state index contributed by atoms with van der Waals surface area (Å²) in [5, 5.41) is 2.62. The molecule has 140 valence electrons. The molecule has 2 rings (SSSR count). The highest BCUT2D eigenvalue weighted by atomic mass is 32.2. The number of nitrogens with one attached hydrogen (secondary N) is 1. The van der Waals surface area contributed by atoms with Gasteiger partial charge in [-0.2, -0.15) is 4.31 Å². The van der Waals surface area contributed by atoms with E-state index in [4.69, 9.17) is 0 Å². The number of halogens is 1. The minimum atomic E-state index is -3.45. The maximum absolute atomic E-state index is 13.5.